The van der Waals surface area contributed by atoms with Gasteiger partial charge in [0.1, 0.15) is 11.4 Å². The minimum absolute atomic E-state index is 0.162. The van der Waals surface area contributed by atoms with Crippen molar-refractivity contribution in [3.05, 3.63) is 50.6 Å². The second-order valence-corrected chi connectivity index (χ2v) is 7.50. The molecule has 26 heavy (non-hydrogen) atoms. The lowest BCUT2D eigenvalue weighted by atomic mass is 9.93. The van der Waals surface area contributed by atoms with Crippen molar-refractivity contribution >= 4 is 18.4 Å². The molecule has 6 nitrogen and oxygen atoms in total. The first-order valence-electron chi connectivity index (χ1n) is 8.82. The van der Waals surface area contributed by atoms with Crippen molar-refractivity contribution in [3.63, 3.8) is 0 Å². The summed E-state index contributed by atoms with van der Waals surface area (Å²) in [5, 5.41) is 11.0. The number of H-pyrrole nitrogens is 1. The summed E-state index contributed by atoms with van der Waals surface area (Å²) in [6.45, 7) is 8.64. The van der Waals surface area contributed by atoms with E-state index in [4.69, 9.17) is 17.0 Å². The monoisotopic (exact) mass is 374 g/mol. The lowest BCUT2D eigenvalue weighted by Crippen LogP contribution is -2.32. The average molecular weight is 375 g/mol. The fourth-order valence-corrected chi connectivity index (χ4v) is 2.48. The zero-order valence-electron chi connectivity index (χ0n) is 15.8. The van der Waals surface area contributed by atoms with E-state index in [0.717, 1.165) is 29.0 Å². The lowest BCUT2D eigenvalue weighted by molar-refractivity contribution is 0.306. The van der Waals surface area contributed by atoms with E-state index in [9.17, 15) is 4.79 Å². The fourth-order valence-electron chi connectivity index (χ4n) is 2.30. The van der Waals surface area contributed by atoms with Crippen molar-refractivity contribution in [1.82, 2.24) is 14.9 Å². The molecule has 0 aliphatic carbocycles. The van der Waals surface area contributed by atoms with E-state index in [0.29, 0.717) is 5.69 Å². The molecular weight excluding hydrogens is 348 g/mol. The number of ether oxygens (including phenoxy) is 1. The Morgan fingerprint density at radius 3 is 2.58 bits per heavy atom. The second-order valence-electron chi connectivity index (χ2n) is 7.11. The maximum atomic E-state index is 12.6. The van der Waals surface area contributed by atoms with Gasteiger partial charge in [0, 0.05) is 5.41 Å². The molecule has 0 bridgehead atoms. The van der Waals surface area contributed by atoms with E-state index in [1.807, 2.05) is 45.0 Å². The summed E-state index contributed by atoms with van der Waals surface area (Å²) in [5.41, 5.74) is 0.527. The molecular formula is C19H26N4O2S. The highest BCUT2D eigenvalue weighted by atomic mass is 32.1. The number of hydrogen-bond donors (Lipinski definition) is 1. The first kappa shape index (κ1) is 20.0. The Balaban J connectivity index is 2.15. The highest BCUT2D eigenvalue weighted by Crippen LogP contribution is 2.15. The van der Waals surface area contributed by atoms with Gasteiger partial charge in [-0.3, -0.25) is 9.89 Å². The summed E-state index contributed by atoms with van der Waals surface area (Å²) in [5.74, 6) is 0.826. The number of nitrogens with one attached hydrogen (secondary N) is 1. The molecule has 1 aromatic heterocycles. The second kappa shape index (κ2) is 8.89. The van der Waals surface area contributed by atoms with Crippen LogP contribution in [-0.4, -0.2) is 27.7 Å². The van der Waals surface area contributed by atoms with Gasteiger partial charge in [0.25, 0.3) is 5.56 Å². The Kier molecular flexibility index (Phi) is 6.85. The molecule has 1 N–H and O–H groups in total. The van der Waals surface area contributed by atoms with Gasteiger partial charge in [-0.1, -0.05) is 40.5 Å². The fraction of sp³-hybridized carbons (Fsp3) is 0.474. The van der Waals surface area contributed by atoms with E-state index in [2.05, 4.69) is 22.2 Å². The first-order chi connectivity index (χ1) is 12.3. The van der Waals surface area contributed by atoms with E-state index in [1.54, 1.807) is 6.21 Å². The third-order valence-electron chi connectivity index (χ3n) is 3.78. The van der Waals surface area contributed by atoms with Crippen molar-refractivity contribution in [2.45, 2.75) is 52.4 Å². The van der Waals surface area contributed by atoms with Crippen LogP contribution in [-0.2, 0) is 5.41 Å². The van der Waals surface area contributed by atoms with Crippen molar-refractivity contribution < 1.29 is 4.74 Å². The molecule has 7 heteroatoms. The van der Waals surface area contributed by atoms with E-state index >= 15 is 0 Å². The minimum atomic E-state index is -0.398. The van der Waals surface area contributed by atoms with Gasteiger partial charge >= 0.3 is 0 Å². The SMILES string of the molecule is CCCCCOc1ccc(/C=N\n2c(=S)[nH]nc(C(C)(C)C)c2=O)cc1. The molecule has 2 aromatic rings. The number of hydrogen-bond acceptors (Lipinski definition) is 5. The standard InChI is InChI=1S/C19H26N4O2S/c1-5-6-7-12-25-15-10-8-14(9-11-15)13-20-23-17(24)16(19(2,3)4)21-22-18(23)26/h8-11,13H,5-7,12H2,1-4H3,(H,22,26)/b20-13-. The Hall–Kier alpha value is -2.28. The van der Waals surface area contributed by atoms with E-state index in [-0.39, 0.29) is 10.3 Å². The molecule has 0 fully saturated rings. The van der Waals surface area contributed by atoms with Gasteiger partial charge in [0.2, 0.25) is 4.77 Å². The van der Waals surface area contributed by atoms with Crippen LogP contribution in [0.1, 0.15) is 58.2 Å². The molecule has 140 valence electrons. The summed E-state index contributed by atoms with van der Waals surface area (Å²) in [6.07, 6.45) is 4.99. The Labute approximate surface area is 158 Å². The van der Waals surface area contributed by atoms with Crippen LogP contribution in [0.25, 0.3) is 0 Å². The summed E-state index contributed by atoms with van der Waals surface area (Å²) in [4.78, 5) is 12.6. The number of benzene rings is 1. The van der Waals surface area contributed by atoms with Gasteiger partial charge in [-0.2, -0.15) is 14.9 Å². The van der Waals surface area contributed by atoms with E-state index in [1.165, 1.54) is 12.8 Å². The van der Waals surface area contributed by atoms with Crippen LogP contribution >= 0.6 is 12.2 Å². The van der Waals surface area contributed by atoms with Gasteiger partial charge < -0.3 is 4.74 Å². The van der Waals surface area contributed by atoms with Crippen molar-refractivity contribution in [2.75, 3.05) is 6.61 Å². The summed E-state index contributed by atoms with van der Waals surface area (Å²) in [7, 11) is 0. The van der Waals surface area contributed by atoms with Gasteiger partial charge in [-0.05, 0) is 48.5 Å². The molecule has 0 unspecified atom stereocenters. The number of nitrogens with zero attached hydrogens (tertiary/aromatic N) is 3. The summed E-state index contributed by atoms with van der Waals surface area (Å²) < 4.78 is 7.01. The molecule has 0 aliphatic rings. The zero-order valence-corrected chi connectivity index (χ0v) is 16.6. The van der Waals surface area contributed by atoms with Gasteiger partial charge in [0.15, 0.2) is 0 Å². The molecule has 0 saturated carbocycles. The van der Waals surface area contributed by atoms with Crippen LogP contribution < -0.4 is 10.3 Å². The summed E-state index contributed by atoms with van der Waals surface area (Å²) in [6, 6.07) is 7.57. The van der Waals surface area contributed by atoms with Gasteiger partial charge in [0.05, 0.1) is 12.8 Å². The Morgan fingerprint density at radius 1 is 1.27 bits per heavy atom. The predicted molar refractivity (Wildman–Crippen MR) is 107 cm³/mol. The van der Waals surface area contributed by atoms with Crippen LogP contribution in [0.4, 0.5) is 0 Å². The number of unbranched alkanes of at least 4 members (excludes halogenated alkanes) is 2. The van der Waals surface area contributed by atoms with Crippen molar-refractivity contribution in [1.29, 1.82) is 0 Å². The molecule has 0 radical (unpaired) electrons. The van der Waals surface area contributed by atoms with Gasteiger partial charge in [-0.15, -0.1) is 0 Å². The highest BCUT2D eigenvalue weighted by Gasteiger charge is 2.21. The third kappa shape index (κ3) is 5.36. The van der Waals surface area contributed by atoms with Crippen LogP contribution in [0, 0.1) is 4.77 Å². The lowest BCUT2D eigenvalue weighted by Gasteiger charge is -2.16. The molecule has 0 amide bonds. The van der Waals surface area contributed by atoms with Crippen molar-refractivity contribution in [2.24, 2.45) is 5.10 Å². The zero-order chi connectivity index (χ0) is 19.2. The first-order valence-corrected chi connectivity index (χ1v) is 9.23. The Bertz CT molecular complexity index is 861. The van der Waals surface area contributed by atoms with Crippen molar-refractivity contribution in [3.8, 4) is 5.75 Å². The van der Waals surface area contributed by atoms with Crippen LogP contribution in [0.2, 0.25) is 0 Å². The van der Waals surface area contributed by atoms with E-state index < -0.39 is 5.41 Å². The number of rotatable bonds is 7. The van der Waals surface area contributed by atoms with Gasteiger partial charge in [-0.25, -0.2) is 0 Å². The molecule has 1 heterocycles. The molecule has 2 rings (SSSR count). The topological polar surface area (TPSA) is 72.3 Å². The molecule has 0 aliphatic heterocycles. The van der Waals surface area contributed by atoms with Crippen LogP contribution in [0.15, 0.2) is 34.2 Å². The minimum Gasteiger partial charge on any atom is -0.494 e. The number of aromatic amines is 1. The maximum Gasteiger partial charge on any atom is 0.297 e. The summed E-state index contributed by atoms with van der Waals surface area (Å²) >= 11 is 5.14. The van der Waals surface area contributed by atoms with Crippen LogP contribution in [0.5, 0.6) is 5.75 Å². The quantitative estimate of drug-likeness (QED) is 0.451. The smallest absolute Gasteiger partial charge is 0.297 e. The molecule has 0 atom stereocenters. The predicted octanol–water partition coefficient (Wildman–Crippen LogP) is 4.05. The number of aromatic nitrogens is 3. The normalized spacial score (nSPS) is 11.8. The maximum absolute atomic E-state index is 12.6. The highest BCUT2D eigenvalue weighted by molar-refractivity contribution is 7.71. The molecule has 0 spiro atoms. The largest absolute Gasteiger partial charge is 0.494 e. The average Bonchev–Trinajstić information content (AvgIpc) is 2.58. The Morgan fingerprint density at radius 2 is 1.96 bits per heavy atom. The molecule has 0 saturated heterocycles. The third-order valence-corrected chi connectivity index (χ3v) is 4.04. The van der Waals surface area contributed by atoms with Crippen LogP contribution in [0.3, 0.4) is 0 Å². The molecule has 1 aromatic carbocycles.